The molecule has 0 aliphatic rings. The summed E-state index contributed by atoms with van der Waals surface area (Å²) in [6.07, 6.45) is 0.524. The first-order valence-electron chi connectivity index (χ1n) is 13.1. The lowest BCUT2D eigenvalue weighted by molar-refractivity contribution is -0.136. The van der Waals surface area contributed by atoms with E-state index < -0.39 is 5.97 Å². The third kappa shape index (κ3) is 6.50. The number of hydrogen-bond acceptors (Lipinski definition) is 4. The van der Waals surface area contributed by atoms with E-state index in [1.807, 2.05) is 72.8 Å². The van der Waals surface area contributed by atoms with Crippen molar-refractivity contribution in [1.29, 1.82) is 0 Å². The molecule has 202 valence electrons. The molecule has 1 heterocycles. The van der Waals surface area contributed by atoms with Gasteiger partial charge in [0.1, 0.15) is 0 Å². The number of nitrogens with one attached hydrogen (secondary N) is 2. The third-order valence-electron chi connectivity index (χ3n) is 6.92. The minimum atomic E-state index is -0.825. The molecule has 0 saturated carbocycles. The molecule has 40 heavy (non-hydrogen) atoms. The first kappa shape index (κ1) is 27.4. The van der Waals surface area contributed by atoms with Gasteiger partial charge in [-0.3, -0.25) is 4.79 Å². The van der Waals surface area contributed by atoms with Crippen molar-refractivity contribution < 1.29 is 15.0 Å². The molecule has 0 amide bonds. The van der Waals surface area contributed by atoms with E-state index in [1.165, 1.54) is 5.56 Å². The van der Waals surface area contributed by atoms with E-state index in [0.29, 0.717) is 17.7 Å². The van der Waals surface area contributed by atoms with E-state index in [-0.39, 0.29) is 18.3 Å². The van der Waals surface area contributed by atoms with Gasteiger partial charge >= 0.3 is 5.97 Å². The number of halogens is 1. The highest BCUT2D eigenvalue weighted by molar-refractivity contribution is 9.10. The standard InChI is InChI=1S/C33H30BrN3O3/c1-21(35-20-23-5-3-2-4-6-23)24-12-15-27(16-13-24)36-32(25-10-7-22(8-11-25)9-18-30(38)39)31-28-17-14-26(34)19-29(28)37-33(31)40/h2-8,10-17,19,21,35,37,40H,9,18,20H2,1H3,(H,38,39). The van der Waals surface area contributed by atoms with E-state index in [2.05, 4.69) is 57.4 Å². The Kier molecular flexibility index (Phi) is 8.43. The summed E-state index contributed by atoms with van der Waals surface area (Å²) in [6, 6.07) is 32.1. The molecule has 6 nitrogen and oxygen atoms in total. The van der Waals surface area contributed by atoms with Crippen molar-refractivity contribution in [2.24, 2.45) is 4.99 Å². The van der Waals surface area contributed by atoms with Gasteiger partial charge in [0.2, 0.25) is 0 Å². The Morgan fingerprint density at radius 2 is 1.68 bits per heavy atom. The van der Waals surface area contributed by atoms with Crippen molar-refractivity contribution in [2.45, 2.75) is 32.4 Å². The fraction of sp³-hybridized carbons (Fsp3) is 0.152. The molecule has 1 unspecified atom stereocenters. The van der Waals surface area contributed by atoms with Crippen LogP contribution < -0.4 is 5.32 Å². The molecular weight excluding hydrogens is 566 g/mol. The van der Waals surface area contributed by atoms with Gasteiger partial charge in [0.05, 0.1) is 22.5 Å². The predicted octanol–water partition coefficient (Wildman–Crippen LogP) is 7.67. The molecule has 0 aliphatic heterocycles. The van der Waals surface area contributed by atoms with Crippen LogP contribution in [0.5, 0.6) is 5.88 Å². The third-order valence-corrected chi connectivity index (χ3v) is 7.41. The van der Waals surface area contributed by atoms with Gasteiger partial charge in [0, 0.05) is 34.4 Å². The van der Waals surface area contributed by atoms with E-state index in [0.717, 1.165) is 44.3 Å². The van der Waals surface area contributed by atoms with Gasteiger partial charge in [-0.25, -0.2) is 4.99 Å². The maximum Gasteiger partial charge on any atom is 0.303 e. The smallest absolute Gasteiger partial charge is 0.303 e. The molecule has 4 aromatic carbocycles. The van der Waals surface area contributed by atoms with Crippen LogP contribution in [0.4, 0.5) is 5.69 Å². The van der Waals surface area contributed by atoms with Crippen LogP contribution in [0.2, 0.25) is 0 Å². The number of aliphatic carboxylic acids is 1. The second kappa shape index (κ2) is 12.3. The summed E-state index contributed by atoms with van der Waals surface area (Å²) in [4.78, 5) is 19.1. The summed E-state index contributed by atoms with van der Waals surface area (Å²) in [5, 5.41) is 24.4. The number of nitrogens with zero attached hydrogens (tertiary/aromatic N) is 1. The molecule has 1 aromatic heterocycles. The molecule has 4 N–H and O–H groups in total. The van der Waals surface area contributed by atoms with Crippen LogP contribution in [0.25, 0.3) is 10.9 Å². The monoisotopic (exact) mass is 595 g/mol. The number of carbonyl (C=O) groups is 1. The summed E-state index contributed by atoms with van der Waals surface area (Å²) in [5.74, 6) is -0.786. The number of aromatic amines is 1. The predicted molar refractivity (Wildman–Crippen MR) is 163 cm³/mol. The van der Waals surface area contributed by atoms with Crippen LogP contribution in [-0.4, -0.2) is 26.9 Å². The van der Waals surface area contributed by atoms with Gasteiger partial charge in [0.25, 0.3) is 0 Å². The second-order valence-electron chi connectivity index (χ2n) is 9.77. The maximum atomic E-state index is 11.0. The van der Waals surface area contributed by atoms with Gasteiger partial charge < -0.3 is 20.5 Å². The molecule has 0 saturated heterocycles. The average Bonchev–Trinajstić information content (AvgIpc) is 3.29. The van der Waals surface area contributed by atoms with E-state index in [9.17, 15) is 9.90 Å². The van der Waals surface area contributed by atoms with E-state index in [4.69, 9.17) is 10.1 Å². The first-order chi connectivity index (χ1) is 19.4. The minimum absolute atomic E-state index is 0.0390. The number of aryl methyl sites for hydroxylation is 1. The van der Waals surface area contributed by atoms with Crippen molar-refractivity contribution in [3.05, 3.63) is 129 Å². The number of aromatic nitrogens is 1. The molecule has 0 aliphatic carbocycles. The van der Waals surface area contributed by atoms with Crippen LogP contribution in [0.1, 0.15) is 47.2 Å². The fourth-order valence-electron chi connectivity index (χ4n) is 4.69. The molecule has 0 fully saturated rings. The van der Waals surface area contributed by atoms with Gasteiger partial charge in [-0.15, -0.1) is 0 Å². The van der Waals surface area contributed by atoms with Gasteiger partial charge in [-0.05, 0) is 54.3 Å². The largest absolute Gasteiger partial charge is 0.494 e. The number of H-pyrrole nitrogens is 1. The van der Waals surface area contributed by atoms with Gasteiger partial charge in [-0.1, -0.05) is 88.7 Å². The van der Waals surface area contributed by atoms with Crippen LogP contribution in [0.3, 0.4) is 0 Å². The van der Waals surface area contributed by atoms with E-state index in [1.54, 1.807) is 0 Å². The summed E-state index contributed by atoms with van der Waals surface area (Å²) in [5.41, 5.74) is 6.93. The summed E-state index contributed by atoms with van der Waals surface area (Å²) in [7, 11) is 0. The normalized spacial score (nSPS) is 12.5. The highest BCUT2D eigenvalue weighted by Crippen LogP contribution is 2.33. The Labute approximate surface area is 241 Å². The lowest BCUT2D eigenvalue weighted by atomic mass is 9.98. The Morgan fingerprint density at radius 1 is 0.950 bits per heavy atom. The number of carboxylic acid groups (broad SMARTS) is 1. The van der Waals surface area contributed by atoms with Crippen molar-refractivity contribution >= 4 is 44.2 Å². The van der Waals surface area contributed by atoms with Crippen molar-refractivity contribution in [3.8, 4) is 5.88 Å². The first-order valence-corrected chi connectivity index (χ1v) is 13.9. The number of benzene rings is 4. The van der Waals surface area contributed by atoms with Crippen LogP contribution in [0, 0.1) is 0 Å². The molecule has 0 bridgehead atoms. The number of fused-ring (bicyclic) bond motifs is 1. The highest BCUT2D eigenvalue weighted by Gasteiger charge is 2.19. The molecule has 5 rings (SSSR count). The Balaban J connectivity index is 1.47. The van der Waals surface area contributed by atoms with Crippen LogP contribution >= 0.6 is 15.9 Å². The topological polar surface area (TPSA) is 97.7 Å². The molecule has 0 spiro atoms. The number of hydrogen-bond donors (Lipinski definition) is 4. The fourth-order valence-corrected chi connectivity index (χ4v) is 5.05. The molecule has 1 atom stereocenters. The van der Waals surface area contributed by atoms with Crippen LogP contribution in [-0.2, 0) is 17.8 Å². The summed E-state index contributed by atoms with van der Waals surface area (Å²) < 4.78 is 0.902. The lowest BCUT2D eigenvalue weighted by Crippen LogP contribution is -2.17. The maximum absolute atomic E-state index is 11.0. The van der Waals surface area contributed by atoms with Crippen molar-refractivity contribution in [1.82, 2.24) is 10.3 Å². The SMILES string of the molecule is CC(NCc1ccccc1)c1ccc(N=C(c2ccc(CCC(=O)O)cc2)c2c(O)[nH]c3cc(Br)ccc23)cc1. The summed E-state index contributed by atoms with van der Waals surface area (Å²) in [6.45, 7) is 2.92. The number of carboxylic acids is 1. The average molecular weight is 597 g/mol. The quantitative estimate of drug-likeness (QED) is 0.124. The van der Waals surface area contributed by atoms with E-state index >= 15 is 0 Å². The zero-order valence-corrected chi connectivity index (χ0v) is 23.7. The molecular formula is C33H30BrN3O3. The zero-order valence-electron chi connectivity index (χ0n) is 22.1. The number of rotatable bonds is 10. The Morgan fingerprint density at radius 3 is 2.38 bits per heavy atom. The number of aliphatic imine (C=N–C) groups is 1. The van der Waals surface area contributed by atoms with Gasteiger partial charge in [-0.2, -0.15) is 0 Å². The summed E-state index contributed by atoms with van der Waals surface area (Å²) >= 11 is 3.50. The molecule has 7 heteroatoms. The highest BCUT2D eigenvalue weighted by atomic mass is 79.9. The number of aromatic hydroxyl groups is 1. The Bertz CT molecular complexity index is 1640. The second-order valence-corrected chi connectivity index (χ2v) is 10.7. The molecule has 5 aromatic rings. The lowest BCUT2D eigenvalue weighted by Gasteiger charge is -2.15. The van der Waals surface area contributed by atoms with Crippen LogP contribution in [0.15, 0.2) is 107 Å². The van der Waals surface area contributed by atoms with Crippen molar-refractivity contribution in [2.75, 3.05) is 0 Å². The zero-order chi connectivity index (χ0) is 28.1. The molecule has 0 radical (unpaired) electrons. The Hall–Kier alpha value is -4.20. The van der Waals surface area contributed by atoms with Gasteiger partial charge in [0.15, 0.2) is 5.88 Å². The van der Waals surface area contributed by atoms with Crippen molar-refractivity contribution in [3.63, 3.8) is 0 Å². The minimum Gasteiger partial charge on any atom is -0.494 e.